The Morgan fingerprint density at radius 1 is 0.491 bits per heavy atom. The number of non-ortho nitro benzene ring substituents is 2. The van der Waals surface area contributed by atoms with E-state index in [0.717, 1.165) is 63.3 Å². The lowest BCUT2D eigenvalue weighted by atomic mass is 9.74. The number of primary amides is 4. The summed E-state index contributed by atoms with van der Waals surface area (Å²) in [6.45, 7) is 20.5. The van der Waals surface area contributed by atoms with E-state index in [4.69, 9.17) is 37.5 Å². The first kappa shape index (κ1) is 82.2. The van der Waals surface area contributed by atoms with Gasteiger partial charge in [0.25, 0.3) is 11.4 Å². The summed E-state index contributed by atoms with van der Waals surface area (Å²) < 4.78 is 10.2. The quantitative estimate of drug-likeness (QED) is 0.0252. The molecule has 0 aliphatic carbocycles. The molecule has 11 aliphatic rings. The third-order valence-corrected chi connectivity index (χ3v) is 22.4. The number of likely N-dealkylation sites (tertiary alicyclic amines) is 3. The summed E-state index contributed by atoms with van der Waals surface area (Å²) in [4.78, 5) is 177. The van der Waals surface area contributed by atoms with Gasteiger partial charge >= 0.3 is 29.8 Å². The van der Waals surface area contributed by atoms with Crippen molar-refractivity contribution >= 4 is 82.6 Å². The molecular weight excluding hydrogens is 1410 g/mol. The first-order valence-electron chi connectivity index (χ1n) is 36.2. The molecule has 8 saturated heterocycles. The highest BCUT2D eigenvalue weighted by atomic mass is 16.6. The van der Waals surface area contributed by atoms with Crippen molar-refractivity contribution in [2.75, 3.05) is 85.1 Å². The third-order valence-electron chi connectivity index (χ3n) is 22.4. The molecule has 108 heavy (non-hydrogen) atoms. The van der Waals surface area contributed by atoms with Crippen LogP contribution in [-0.4, -0.2) is 252 Å². The first-order valence-corrected chi connectivity index (χ1v) is 36.2. The summed E-state index contributed by atoms with van der Waals surface area (Å²) in [5.74, 6) is -9.92. The molecular formula is C72H96N14O22. The number of nitrogens with one attached hydrogen (secondary N) is 2. The Morgan fingerprint density at radius 3 is 1.07 bits per heavy atom. The van der Waals surface area contributed by atoms with Gasteiger partial charge in [0, 0.05) is 94.4 Å². The maximum atomic E-state index is 13.2. The molecule has 7 amide bonds. The Hall–Kier alpha value is -9.82. The topological polar surface area (TPSA) is 538 Å². The van der Waals surface area contributed by atoms with Crippen LogP contribution in [0.2, 0.25) is 0 Å². The number of esters is 4. The number of β-lactam (4-membered cyclic amide) rings is 3. The Bertz CT molecular complexity index is 3800. The highest BCUT2D eigenvalue weighted by Crippen LogP contribution is 2.51. The van der Waals surface area contributed by atoms with Crippen LogP contribution >= 0.6 is 0 Å². The number of ether oxygens (including phenoxy) is 2. The predicted molar refractivity (Wildman–Crippen MR) is 379 cm³/mol. The van der Waals surface area contributed by atoms with Gasteiger partial charge in [-0.2, -0.15) is 0 Å². The molecule has 36 heteroatoms. The van der Waals surface area contributed by atoms with Gasteiger partial charge in [-0.25, -0.2) is 24.0 Å². The van der Waals surface area contributed by atoms with Gasteiger partial charge in [0.15, 0.2) is 0 Å². The summed E-state index contributed by atoms with van der Waals surface area (Å²) in [5.41, 5.74) is 22.8. The van der Waals surface area contributed by atoms with Gasteiger partial charge in [-0.05, 0) is 126 Å². The van der Waals surface area contributed by atoms with Gasteiger partial charge in [-0.3, -0.25) is 68.5 Å². The second kappa shape index (κ2) is 34.6. The Balaban J connectivity index is 0.000000173. The highest BCUT2D eigenvalue weighted by Gasteiger charge is 2.63. The minimum Gasteiger partial charge on any atom is -0.477 e. The zero-order chi connectivity index (χ0) is 79.3. The van der Waals surface area contributed by atoms with E-state index in [-0.39, 0.29) is 147 Å². The molecule has 14 N–H and O–H groups in total. The number of nitrogens with zero attached hydrogens (tertiary/aromatic N) is 8. The van der Waals surface area contributed by atoms with Crippen LogP contribution in [0.1, 0.15) is 101 Å². The zero-order valence-electron chi connectivity index (χ0n) is 61.2. The lowest BCUT2D eigenvalue weighted by molar-refractivity contribution is -0.385. The molecule has 0 unspecified atom stereocenters. The summed E-state index contributed by atoms with van der Waals surface area (Å²) in [7, 11) is 0. The number of aliphatic hydroxyl groups excluding tert-OH is 3. The average molecular weight is 1510 g/mol. The number of carbonyl (C=O) groups excluding carboxylic acids is 11. The molecule has 16 atom stereocenters. The van der Waals surface area contributed by atoms with Crippen LogP contribution < -0.4 is 33.6 Å². The number of benzene rings is 2. The van der Waals surface area contributed by atoms with E-state index in [0.29, 0.717) is 88.3 Å². The maximum absolute atomic E-state index is 13.2. The number of amides is 7. The standard InChI is InChI=1S/C24H28N4O7.C23H26N4O8.C16H23N3O5.C5H10N2O.C4H9NO/c1-12(2)18-19-13(3)17(11-26-9-8-15(10-26)21(25)29)20(27(19)22(18)30)24(32)35-23(31)14-4-6-16(7-5-14)28(33)34;1-11-16(10-25-8-7-14(9-25)20(24)29)19(26-18(11)17(12(2)28)21(26)30)23(32)35-22(31)13-3-5-15(6-4-13)27(33)34;1-7-10(6-18-4-3-9(5-18)14(17)21)13(16(23)24)19-12(7)11(8(2)20)15(19)22;6-5(8)4-1-2-7-3-4;6-4-1-2-5-3-4/h4-7,12-13,15,18-19H,8-11H2,1-3H3,(H2,25,29);3-6,11-12,14,17-18,28H,7-10H2,1-2H3,(H2,24,29);7-9,11-12,20H,3-6H2,1-2H3,(H2,17,21)(H,23,24);4,7H,1-3H2,(H2,6,8);4-6H,1-3H2/t13-,15+,18+,19+;11-,12+,14+,17+,18+;7-,8+,9+,11+,12+;2*4-/m00010/s1. The molecule has 36 nitrogen and oxygen atoms in total. The summed E-state index contributed by atoms with van der Waals surface area (Å²) >= 11 is 0. The Labute approximate surface area is 621 Å². The molecule has 13 rings (SSSR count). The molecule has 8 fully saturated rings. The van der Waals surface area contributed by atoms with E-state index in [2.05, 4.69) is 10.6 Å². The van der Waals surface area contributed by atoms with Crippen molar-refractivity contribution in [3.63, 3.8) is 0 Å². The summed E-state index contributed by atoms with van der Waals surface area (Å²) in [6, 6.07) is 8.35. The summed E-state index contributed by atoms with van der Waals surface area (Å²) in [5, 5.41) is 65.9. The van der Waals surface area contributed by atoms with Crippen molar-refractivity contribution in [2.45, 2.75) is 117 Å². The fourth-order valence-electron chi connectivity index (χ4n) is 16.4. The number of carboxylic acids is 1. The van der Waals surface area contributed by atoms with Crippen molar-refractivity contribution in [3.8, 4) is 0 Å². The van der Waals surface area contributed by atoms with Crippen LogP contribution in [0.5, 0.6) is 0 Å². The summed E-state index contributed by atoms with van der Waals surface area (Å²) in [6.07, 6.45) is 1.92. The number of nitrogens with two attached hydrogens (primary N) is 4. The molecule has 11 heterocycles. The fourth-order valence-corrected chi connectivity index (χ4v) is 16.4. The van der Waals surface area contributed by atoms with Crippen molar-refractivity contribution in [1.29, 1.82) is 0 Å². The van der Waals surface area contributed by atoms with Crippen molar-refractivity contribution in [2.24, 2.45) is 88.0 Å². The molecule has 0 spiro atoms. The van der Waals surface area contributed by atoms with E-state index in [1.54, 1.807) is 6.92 Å². The van der Waals surface area contributed by atoms with Gasteiger partial charge in [-0.1, -0.05) is 34.6 Å². The van der Waals surface area contributed by atoms with Crippen LogP contribution in [0, 0.1) is 85.3 Å². The van der Waals surface area contributed by atoms with Gasteiger partial charge in [-0.15, -0.1) is 0 Å². The number of β-amino-alcohol motifs (C(OH)–C–C–N with tert-alkyl or cyclic N) is 1. The van der Waals surface area contributed by atoms with E-state index in [1.807, 2.05) is 49.3 Å². The number of carbonyl (C=O) groups is 12. The van der Waals surface area contributed by atoms with Crippen LogP contribution in [0.4, 0.5) is 11.4 Å². The minimum atomic E-state index is -1.12. The Morgan fingerprint density at radius 2 is 0.815 bits per heavy atom. The second-order valence-corrected chi connectivity index (χ2v) is 29.8. The number of rotatable bonds is 20. The van der Waals surface area contributed by atoms with Gasteiger partial charge in [0.1, 0.15) is 17.1 Å². The second-order valence-electron chi connectivity index (χ2n) is 29.8. The van der Waals surface area contributed by atoms with Crippen molar-refractivity contribution < 1.29 is 97.3 Å². The SMILES string of the molecule is CC(C)[C@H]1C(=O)N2C(C(=O)OC(=O)c3ccc([N+](=O)[O-])cc3)=C(CN3CC[C@@H](C(N)=O)C3)[C@H](C)[C@H]12.C[C@@H](O)[C@H]1C(=O)N2C(C(=O)O)=C(CN3CC[C@@H](C(N)=O)C3)[C@H](C)[C@H]12.C[C@@H](O)[C@H]1C(=O)N2C(C(=O)OC(=O)c3ccc([N+](=O)[O-])cc3)=C(CN3CC[C@@H](C(N)=O)C3)[C@H](C)[C@H]12.NC(=O)[C@@H]1CCNC1.O[C@H]1CCNC1. The number of aliphatic carboxylic acids is 1. The van der Waals surface area contributed by atoms with Gasteiger partial charge in [0.05, 0.1) is 98.8 Å². The molecule has 0 aromatic heterocycles. The van der Waals surface area contributed by atoms with Crippen molar-refractivity contribution in [1.82, 2.24) is 40.0 Å². The number of hydrogen-bond donors (Lipinski definition) is 10. The first-order chi connectivity index (χ1) is 50.9. The highest BCUT2D eigenvalue weighted by molar-refractivity contribution is 6.08. The van der Waals surface area contributed by atoms with E-state index < -0.39 is 81.6 Å². The number of carboxylic acid groups (broad SMARTS) is 1. The number of nitro benzene ring substituents is 2. The molecule has 0 bridgehead atoms. The lowest BCUT2D eigenvalue weighted by Crippen LogP contribution is -2.63. The largest absolute Gasteiger partial charge is 0.477 e. The van der Waals surface area contributed by atoms with Crippen LogP contribution in [-0.2, 0) is 57.4 Å². The zero-order valence-corrected chi connectivity index (χ0v) is 61.2. The monoisotopic (exact) mass is 1510 g/mol. The normalized spacial score (nSPS) is 28.8. The van der Waals surface area contributed by atoms with E-state index in [9.17, 15) is 93.1 Å². The fraction of sp³-hybridized carbons (Fsp3) is 0.583. The van der Waals surface area contributed by atoms with E-state index >= 15 is 0 Å². The minimum absolute atomic E-state index is 0.0208. The maximum Gasteiger partial charge on any atom is 0.362 e. The van der Waals surface area contributed by atoms with Crippen LogP contribution in [0.15, 0.2) is 82.3 Å². The Kier molecular flexibility index (Phi) is 26.4. The number of aliphatic hydroxyl groups is 3. The van der Waals surface area contributed by atoms with Gasteiger partial charge < -0.3 is 78.2 Å². The molecule has 586 valence electrons. The third kappa shape index (κ3) is 17.5. The average Bonchev–Trinajstić information content (AvgIpc) is 1.56. The molecule has 0 radical (unpaired) electrons. The number of hydrogen-bond acceptors (Lipinski definition) is 26. The van der Waals surface area contributed by atoms with E-state index in [1.165, 1.54) is 45.9 Å². The molecule has 0 saturated carbocycles. The molecule has 11 aliphatic heterocycles. The predicted octanol–water partition coefficient (Wildman–Crippen LogP) is -0.919. The van der Waals surface area contributed by atoms with Crippen molar-refractivity contribution in [3.05, 3.63) is 114 Å². The number of fused-ring (bicyclic) bond motifs is 3. The smallest absolute Gasteiger partial charge is 0.362 e. The van der Waals surface area contributed by atoms with Crippen LogP contribution in [0.3, 0.4) is 0 Å². The molecule has 2 aromatic rings. The molecule has 2 aromatic carbocycles. The lowest BCUT2D eigenvalue weighted by Gasteiger charge is -2.47. The van der Waals surface area contributed by atoms with Gasteiger partial charge in [0.2, 0.25) is 41.4 Å². The number of nitro groups is 2. The van der Waals surface area contributed by atoms with Crippen LogP contribution in [0.25, 0.3) is 0 Å².